The van der Waals surface area contributed by atoms with Crippen LogP contribution in [0.1, 0.15) is 16.7 Å². The van der Waals surface area contributed by atoms with Gasteiger partial charge in [-0.2, -0.15) is 22.5 Å². The Kier molecular flexibility index (Phi) is 4.73. The van der Waals surface area contributed by atoms with E-state index in [0.717, 1.165) is 9.36 Å². The Bertz CT molecular complexity index is 1040. The molecule has 0 saturated heterocycles. The van der Waals surface area contributed by atoms with Crippen molar-refractivity contribution in [1.29, 1.82) is 0 Å². The van der Waals surface area contributed by atoms with Crippen LogP contribution in [-0.2, 0) is 19.8 Å². The van der Waals surface area contributed by atoms with Crippen molar-refractivity contribution in [2.45, 2.75) is 19.7 Å². The van der Waals surface area contributed by atoms with E-state index in [1.54, 1.807) is 25.1 Å². The lowest BCUT2D eigenvalue weighted by molar-refractivity contribution is -0.139. The first-order valence-corrected chi connectivity index (χ1v) is 7.76. The summed E-state index contributed by atoms with van der Waals surface area (Å²) in [6.45, 7) is 1.39. The SMILES string of the molecule is Cc1cccc(-n2nnn(C)c2=O)c1COc1cc(F)ccc1C(F)(F)F. The van der Waals surface area contributed by atoms with Gasteiger partial charge in [0.15, 0.2) is 0 Å². The van der Waals surface area contributed by atoms with Gasteiger partial charge >= 0.3 is 11.9 Å². The van der Waals surface area contributed by atoms with Crippen molar-refractivity contribution in [3.63, 3.8) is 0 Å². The fourth-order valence-electron chi connectivity index (χ4n) is 2.54. The molecule has 1 aromatic heterocycles. The minimum Gasteiger partial charge on any atom is -0.488 e. The predicted molar refractivity (Wildman–Crippen MR) is 87.1 cm³/mol. The highest BCUT2D eigenvalue weighted by atomic mass is 19.4. The minimum absolute atomic E-state index is 0.318. The van der Waals surface area contributed by atoms with Gasteiger partial charge in [0.25, 0.3) is 0 Å². The number of ether oxygens (including phenoxy) is 1. The molecule has 6 nitrogen and oxygen atoms in total. The summed E-state index contributed by atoms with van der Waals surface area (Å²) in [6.07, 6.45) is -4.70. The largest absolute Gasteiger partial charge is 0.488 e. The van der Waals surface area contributed by atoms with E-state index in [9.17, 15) is 22.4 Å². The summed E-state index contributed by atoms with van der Waals surface area (Å²) in [5.74, 6) is -1.49. The molecule has 3 rings (SSSR count). The maximum absolute atomic E-state index is 13.4. The standard InChI is InChI=1S/C17H14F4N4O2/c1-10-4-3-5-14(25-16(26)24(2)22-23-25)12(10)9-27-15-8-11(18)6-7-13(15)17(19,20)21/h3-8H,9H2,1-2H3. The average molecular weight is 382 g/mol. The Hall–Kier alpha value is -3.17. The van der Waals surface area contributed by atoms with E-state index >= 15 is 0 Å². The molecule has 0 spiro atoms. The van der Waals surface area contributed by atoms with E-state index in [1.165, 1.54) is 7.05 Å². The normalized spacial score (nSPS) is 11.6. The summed E-state index contributed by atoms with van der Waals surface area (Å²) in [5.41, 5.74) is -0.204. The predicted octanol–water partition coefficient (Wildman–Crippen LogP) is 3.01. The minimum atomic E-state index is -4.70. The number of nitrogens with zero attached hydrogens (tertiary/aromatic N) is 4. The zero-order chi connectivity index (χ0) is 19.8. The van der Waals surface area contributed by atoms with Gasteiger partial charge in [0, 0.05) is 18.7 Å². The van der Waals surface area contributed by atoms with Crippen LogP contribution >= 0.6 is 0 Å². The Balaban J connectivity index is 2.00. The summed E-state index contributed by atoms with van der Waals surface area (Å²) < 4.78 is 60.1. The highest BCUT2D eigenvalue weighted by Crippen LogP contribution is 2.37. The van der Waals surface area contributed by atoms with E-state index in [-0.39, 0.29) is 6.61 Å². The number of halogens is 4. The lowest BCUT2D eigenvalue weighted by Gasteiger charge is -2.16. The smallest absolute Gasteiger partial charge is 0.419 e. The quantitative estimate of drug-likeness (QED) is 0.651. The molecule has 0 amide bonds. The zero-order valence-corrected chi connectivity index (χ0v) is 14.3. The van der Waals surface area contributed by atoms with Crippen LogP contribution in [0.15, 0.2) is 41.2 Å². The topological polar surface area (TPSA) is 61.9 Å². The van der Waals surface area contributed by atoms with Crippen molar-refractivity contribution >= 4 is 0 Å². The van der Waals surface area contributed by atoms with Gasteiger partial charge in [-0.3, -0.25) is 0 Å². The van der Waals surface area contributed by atoms with Crippen molar-refractivity contribution in [2.24, 2.45) is 7.05 Å². The third-order valence-corrected chi connectivity index (χ3v) is 3.96. The van der Waals surface area contributed by atoms with Crippen LogP contribution in [0.4, 0.5) is 17.6 Å². The molecule has 142 valence electrons. The molecule has 1 heterocycles. The van der Waals surface area contributed by atoms with Crippen LogP contribution in [0.25, 0.3) is 5.69 Å². The highest BCUT2D eigenvalue weighted by molar-refractivity contribution is 5.45. The molecule has 0 radical (unpaired) electrons. The van der Waals surface area contributed by atoms with Gasteiger partial charge in [0.2, 0.25) is 0 Å². The fraction of sp³-hybridized carbons (Fsp3) is 0.235. The van der Waals surface area contributed by atoms with Gasteiger partial charge in [-0.1, -0.05) is 12.1 Å². The van der Waals surface area contributed by atoms with Crippen LogP contribution in [0.3, 0.4) is 0 Å². The van der Waals surface area contributed by atoms with Crippen LogP contribution in [-0.4, -0.2) is 19.8 Å². The Morgan fingerprint density at radius 3 is 2.52 bits per heavy atom. The molecule has 0 atom stereocenters. The molecule has 0 bridgehead atoms. The molecule has 3 aromatic rings. The number of aryl methyl sites for hydroxylation is 2. The Labute approximate surface area is 150 Å². The summed E-state index contributed by atoms with van der Waals surface area (Å²) >= 11 is 0. The van der Waals surface area contributed by atoms with Crippen LogP contribution in [0.2, 0.25) is 0 Å². The number of hydrogen-bond acceptors (Lipinski definition) is 4. The molecule has 0 unspecified atom stereocenters. The summed E-state index contributed by atoms with van der Waals surface area (Å²) in [5, 5.41) is 7.35. The van der Waals surface area contributed by atoms with Crippen molar-refractivity contribution in [2.75, 3.05) is 0 Å². The molecule has 0 fully saturated rings. The van der Waals surface area contributed by atoms with Gasteiger partial charge in [-0.25, -0.2) is 9.18 Å². The second kappa shape index (κ2) is 6.86. The molecule has 10 heteroatoms. The van der Waals surface area contributed by atoms with E-state index in [1.807, 2.05) is 0 Å². The first-order valence-electron chi connectivity index (χ1n) is 7.76. The fourth-order valence-corrected chi connectivity index (χ4v) is 2.54. The van der Waals surface area contributed by atoms with Gasteiger partial charge in [-0.05, 0) is 41.1 Å². The summed E-state index contributed by atoms with van der Waals surface area (Å²) in [4.78, 5) is 12.1. The molecular formula is C17H14F4N4O2. The van der Waals surface area contributed by atoms with Crippen molar-refractivity contribution in [3.8, 4) is 11.4 Å². The van der Waals surface area contributed by atoms with Gasteiger partial charge in [0.05, 0.1) is 11.3 Å². The Morgan fingerprint density at radius 2 is 1.89 bits per heavy atom. The molecule has 0 saturated carbocycles. The molecule has 2 aromatic carbocycles. The molecular weight excluding hydrogens is 368 g/mol. The lowest BCUT2D eigenvalue weighted by Crippen LogP contribution is -2.23. The van der Waals surface area contributed by atoms with Gasteiger partial charge in [0.1, 0.15) is 18.2 Å². The molecule has 0 aliphatic rings. The van der Waals surface area contributed by atoms with Gasteiger partial charge in [-0.15, -0.1) is 0 Å². The molecule has 0 aliphatic carbocycles. The maximum Gasteiger partial charge on any atom is 0.419 e. The average Bonchev–Trinajstić information content (AvgIpc) is 2.91. The van der Waals surface area contributed by atoms with E-state index in [2.05, 4.69) is 10.4 Å². The number of tetrazole rings is 1. The third-order valence-electron chi connectivity index (χ3n) is 3.96. The number of benzene rings is 2. The maximum atomic E-state index is 13.4. The second-order valence-corrected chi connectivity index (χ2v) is 5.80. The zero-order valence-electron chi connectivity index (χ0n) is 14.3. The molecule has 0 aliphatic heterocycles. The number of hydrogen-bond donors (Lipinski definition) is 0. The summed E-state index contributed by atoms with van der Waals surface area (Å²) in [6, 6.07) is 6.95. The first kappa shape index (κ1) is 18.6. The van der Waals surface area contributed by atoms with E-state index in [0.29, 0.717) is 35.0 Å². The molecule has 27 heavy (non-hydrogen) atoms. The summed E-state index contributed by atoms with van der Waals surface area (Å²) in [7, 11) is 1.42. The lowest BCUT2D eigenvalue weighted by atomic mass is 10.1. The second-order valence-electron chi connectivity index (χ2n) is 5.80. The Morgan fingerprint density at radius 1 is 1.15 bits per heavy atom. The van der Waals surface area contributed by atoms with Crippen molar-refractivity contribution < 1.29 is 22.3 Å². The van der Waals surface area contributed by atoms with Crippen LogP contribution in [0, 0.1) is 12.7 Å². The monoisotopic (exact) mass is 382 g/mol. The van der Waals surface area contributed by atoms with Crippen molar-refractivity contribution in [3.05, 3.63) is 69.4 Å². The highest BCUT2D eigenvalue weighted by Gasteiger charge is 2.34. The van der Waals surface area contributed by atoms with Crippen LogP contribution in [0.5, 0.6) is 5.75 Å². The number of alkyl halides is 3. The number of rotatable bonds is 4. The van der Waals surface area contributed by atoms with Crippen molar-refractivity contribution in [1.82, 2.24) is 19.8 Å². The number of aromatic nitrogens is 4. The first-order chi connectivity index (χ1) is 12.7. The van der Waals surface area contributed by atoms with E-state index < -0.39 is 29.0 Å². The van der Waals surface area contributed by atoms with Gasteiger partial charge < -0.3 is 4.74 Å². The third kappa shape index (κ3) is 3.69. The van der Waals surface area contributed by atoms with E-state index in [4.69, 9.17) is 4.74 Å². The van der Waals surface area contributed by atoms with Crippen LogP contribution < -0.4 is 10.4 Å². The molecule has 0 N–H and O–H groups in total.